The van der Waals surface area contributed by atoms with Crippen molar-refractivity contribution in [1.82, 2.24) is 0 Å². The van der Waals surface area contributed by atoms with E-state index in [0.717, 1.165) is 17.1 Å². The summed E-state index contributed by atoms with van der Waals surface area (Å²) >= 11 is 0. The van der Waals surface area contributed by atoms with E-state index < -0.39 is 0 Å². The Labute approximate surface area is 391 Å². The molecule has 9 aromatic carbocycles. The predicted molar refractivity (Wildman–Crippen MR) is 281 cm³/mol. The molecular weight excluding hydrogens is 797 g/mol. The lowest BCUT2D eigenvalue weighted by Crippen LogP contribution is -2.11. The molecule has 0 heterocycles. The van der Waals surface area contributed by atoms with E-state index in [-0.39, 0.29) is 0 Å². The average molecular weight is 855 g/mol. The van der Waals surface area contributed by atoms with Crippen LogP contribution in [0.25, 0.3) is 44.2 Å². The maximum Gasteiger partial charge on any atom is 0.0546 e. The van der Waals surface area contributed by atoms with Gasteiger partial charge in [0.25, 0.3) is 0 Å². The summed E-state index contributed by atoms with van der Waals surface area (Å²) in [7, 11) is 0. The van der Waals surface area contributed by atoms with Crippen LogP contribution in [0.4, 0.5) is 34.1 Å². The highest BCUT2D eigenvalue weighted by Gasteiger charge is 2.22. The lowest BCUT2D eigenvalue weighted by atomic mass is 9.84. The van der Waals surface area contributed by atoms with Crippen LogP contribution in [0, 0.1) is 0 Å². The van der Waals surface area contributed by atoms with E-state index in [1.54, 1.807) is 0 Å². The smallest absolute Gasteiger partial charge is 0.0546 e. The average Bonchev–Trinajstić information content (AvgIpc) is 3.41. The SMILES string of the molecule is c1ccc(-c2c(N(c3ccccc3)c3ccc(-c4ccc(-c5ccc(N(c6ccc(C7CCCCC7)cc6)c6ccc(C7CCCCC7)cc6)cc5)cc4)cc3)ccc3ccccc23)cc1. The summed E-state index contributed by atoms with van der Waals surface area (Å²) in [5.74, 6) is 1.39. The van der Waals surface area contributed by atoms with Gasteiger partial charge in [-0.2, -0.15) is 0 Å². The molecule has 66 heavy (non-hydrogen) atoms. The molecule has 0 aliphatic heterocycles. The van der Waals surface area contributed by atoms with Crippen molar-refractivity contribution < 1.29 is 0 Å². The van der Waals surface area contributed by atoms with Crippen molar-refractivity contribution in [3.8, 4) is 33.4 Å². The van der Waals surface area contributed by atoms with Gasteiger partial charge >= 0.3 is 0 Å². The molecule has 0 amide bonds. The second-order valence-electron chi connectivity index (χ2n) is 18.6. The minimum Gasteiger partial charge on any atom is -0.311 e. The van der Waals surface area contributed by atoms with Crippen LogP contribution in [-0.2, 0) is 0 Å². The number of nitrogens with zero attached hydrogens (tertiary/aromatic N) is 2. The van der Waals surface area contributed by atoms with E-state index in [9.17, 15) is 0 Å². The number of para-hydroxylation sites is 1. The molecule has 0 spiro atoms. The molecule has 2 fully saturated rings. The van der Waals surface area contributed by atoms with Gasteiger partial charge in [0.15, 0.2) is 0 Å². The van der Waals surface area contributed by atoms with Crippen LogP contribution >= 0.6 is 0 Å². The van der Waals surface area contributed by atoms with Crippen LogP contribution in [0.3, 0.4) is 0 Å². The number of anilines is 6. The topological polar surface area (TPSA) is 6.48 Å². The Hall–Kier alpha value is -7.16. The van der Waals surface area contributed by atoms with Gasteiger partial charge < -0.3 is 9.80 Å². The van der Waals surface area contributed by atoms with Gasteiger partial charge in [0.1, 0.15) is 0 Å². The predicted octanol–water partition coefficient (Wildman–Crippen LogP) is 18.9. The van der Waals surface area contributed by atoms with Gasteiger partial charge in [0.05, 0.1) is 5.69 Å². The van der Waals surface area contributed by atoms with Crippen molar-refractivity contribution in [2.75, 3.05) is 9.80 Å². The van der Waals surface area contributed by atoms with Gasteiger partial charge in [-0.3, -0.25) is 0 Å². The molecule has 0 atom stereocenters. The Bertz CT molecular complexity index is 2920. The Balaban J connectivity index is 0.867. The Morgan fingerprint density at radius 3 is 1.14 bits per heavy atom. The summed E-state index contributed by atoms with van der Waals surface area (Å²) in [5, 5.41) is 2.47. The van der Waals surface area contributed by atoms with E-state index in [1.807, 2.05) is 0 Å². The standard InChI is InChI=1S/C64H58N2/c1-5-15-47(16-6-1)51-29-38-58(39-30-51)65(59-40-31-52(32-41-59)48-17-7-2-8-18-48)60-42-33-53(34-43-60)49-25-27-50(28-26-49)54-35-44-61(45-36-54)66(57-22-11-4-12-23-57)63-46-37-55-19-13-14-24-62(55)64(63)56-20-9-3-10-21-56/h3-4,9-14,19-48H,1-2,5-8,15-18H2. The number of rotatable bonds is 11. The van der Waals surface area contributed by atoms with Crippen molar-refractivity contribution in [3.63, 3.8) is 0 Å². The third kappa shape index (κ3) is 8.69. The minimum atomic E-state index is 0.695. The van der Waals surface area contributed by atoms with E-state index in [4.69, 9.17) is 0 Å². The zero-order valence-electron chi connectivity index (χ0n) is 37.9. The molecule has 0 aromatic heterocycles. The van der Waals surface area contributed by atoms with Crippen LogP contribution in [0.1, 0.15) is 87.2 Å². The quantitative estimate of drug-likeness (QED) is 0.128. The van der Waals surface area contributed by atoms with Crippen LogP contribution in [-0.4, -0.2) is 0 Å². The fourth-order valence-electron chi connectivity index (χ4n) is 10.9. The molecule has 2 aliphatic rings. The van der Waals surface area contributed by atoms with Crippen molar-refractivity contribution in [3.05, 3.63) is 230 Å². The second kappa shape index (κ2) is 19.1. The molecular formula is C64H58N2. The summed E-state index contributed by atoms with van der Waals surface area (Å²) in [6.07, 6.45) is 13.4. The first-order valence-corrected chi connectivity index (χ1v) is 24.5. The van der Waals surface area contributed by atoms with Crippen LogP contribution in [0.2, 0.25) is 0 Å². The Morgan fingerprint density at radius 1 is 0.273 bits per heavy atom. The summed E-state index contributed by atoms with van der Waals surface area (Å²) in [6, 6.07) is 81.0. The number of hydrogen-bond donors (Lipinski definition) is 0. The van der Waals surface area contributed by atoms with E-state index in [1.165, 1.54) is 137 Å². The molecule has 2 aliphatic carbocycles. The fraction of sp³-hybridized carbons (Fsp3) is 0.188. The molecule has 9 aromatic rings. The first-order valence-electron chi connectivity index (χ1n) is 24.5. The third-order valence-corrected chi connectivity index (χ3v) is 14.5. The van der Waals surface area contributed by atoms with E-state index in [2.05, 4.69) is 228 Å². The van der Waals surface area contributed by atoms with Crippen molar-refractivity contribution in [1.29, 1.82) is 0 Å². The molecule has 0 bridgehead atoms. The summed E-state index contributed by atoms with van der Waals surface area (Å²) in [4.78, 5) is 4.83. The number of fused-ring (bicyclic) bond motifs is 1. The lowest BCUT2D eigenvalue weighted by Gasteiger charge is -2.29. The summed E-state index contributed by atoms with van der Waals surface area (Å²) in [6.45, 7) is 0. The van der Waals surface area contributed by atoms with Crippen molar-refractivity contribution in [2.45, 2.75) is 76.0 Å². The molecule has 2 saturated carbocycles. The zero-order chi connectivity index (χ0) is 44.1. The maximum absolute atomic E-state index is 2.44. The van der Waals surface area contributed by atoms with Crippen molar-refractivity contribution >= 4 is 44.9 Å². The van der Waals surface area contributed by atoms with Gasteiger partial charge in [-0.25, -0.2) is 0 Å². The van der Waals surface area contributed by atoms with Crippen molar-refractivity contribution in [2.24, 2.45) is 0 Å². The molecule has 0 unspecified atom stereocenters. The minimum absolute atomic E-state index is 0.695. The molecule has 324 valence electrons. The van der Waals surface area contributed by atoms with Crippen LogP contribution in [0.5, 0.6) is 0 Å². The largest absolute Gasteiger partial charge is 0.311 e. The molecule has 0 saturated heterocycles. The normalized spacial score (nSPS) is 14.5. The third-order valence-electron chi connectivity index (χ3n) is 14.5. The maximum atomic E-state index is 2.44. The van der Waals surface area contributed by atoms with E-state index >= 15 is 0 Å². The first kappa shape index (κ1) is 41.5. The fourth-order valence-corrected chi connectivity index (χ4v) is 10.9. The second-order valence-corrected chi connectivity index (χ2v) is 18.6. The van der Waals surface area contributed by atoms with Crippen LogP contribution < -0.4 is 9.80 Å². The zero-order valence-corrected chi connectivity index (χ0v) is 37.9. The van der Waals surface area contributed by atoms with Gasteiger partial charge in [0, 0.05) is 34.0 Å². The van der Waals surface area contributed by atoms with Crippen LogP contribution in [0.15, 0.2) is 218 Å². The first-order chi connectivity index (χ1) is 32.7. The highest BCUT2D eigenvalue weighted by Crippen LogP contribution is 2.45. The lowest BCUT2D eigenvalue weighted by molar-refractivity contribution is 0.443. The Kier molecular flexibility index (Phi) is 12.0. The molecule has 2 heteroatoms. The number of hydrogen-bond acceptors (Lipinski definition) is 2. The monoisotopic (exact) mass is 854 g/mol. The summed E-state index contributed by atoms with van der Waals surface area (Å²) in [5.41, 5.74) is 17.2. The van der Waals surface area contributed by atoms with Gasteiger partial charge in [-0.15, -0.1) is 0 Å². The summed E-state index contributed by atoms with van der Waals surface area (Å²) < 4.78 is 0. The molecule has 11 rings (SSSR count). The van der Waals surface area contributed by atoms with Gasteiger partial charge in [-0.05, 0) is 154 Å². The molecule has 0 radical (unpaired) electrons. The molecule has 0 N–H and O–H groups in total. The van der Waals surface area contributed by atoms with Gasteiger partial charge in [0.2, 0.25) is 0 Å². The number of benzene rings is 9. The highest BCUT2D eigenvalue weighted by molar-refractivity contribution is 6.05. The Morgan fingerprint density at radius 2 is 0.652 bits per heavy atom. The van der Waals surface area contributed by atoms with Gasteiger partial charge in [-0.1, -0.05) is 190 Å². The molecule has 2 nitrogen and oxygen atoms in total. The van der Waals surface area contributed by atoms with E-state index in [0.29, 0.717) is 11.8 Å². The highest BCUT2D eigenvalue weighted by atomic mass is 15.1.